The largest absolute Gasteiger partial charge is 0.492 e. The molecule has 200 valence electrons. The van der Waals surface area contributed by atoms with E-state index in [4.69, 9.17) is 18.9 Å². The molecule has 4 aromatic rings. The average Bonchev–Trinajstić information content (AvgIpc) is 3.71. The van der Waals surface area contributed by atoms with Crippen molar-refractivity contribution in [3.63, 3.8) is 0 Å². The van der Waals surface area contributed by atoms with Gasteiger partial charge in [-0.3, -0.25) is 4.79 Å². The van der Waals surface area contributed by atoms with E-state index in [0.29, 0.717) is 18.9 Å². The van der Waals surface area contributed by atoms with Gasteiger partial charge in [-0.05, 0) is 78.9 Å². The second-order valence-corrected chi connectivity index (χ2v) is 10.1. The van der Waals surface area contributed by atoms with Crippen LogP contribution in [-0.4, -0.2) is 24.7 Å². The van der Waals surface area contributed by atoms with Crippen LogP contribution in [0.3, 0.4) is 0 Å². The Morgan fingerprint density at radius 2 is 1.95 bits per heavy atom. The summed E-state index contributed by atoms with van der Waals surface area (Å²) in [4.78, 5) is 18.3. The number of carbonyl (C=O) groups excluding carboxylic acids is 1. The van der Waals surface area contributed by atoms with E-state index in [9.17, 15) is 4.79 Å². The second kappa shape index (κ2) is 12.9. The number of fused-ring (bicyclic) bond motifs is 1. The van der Waals surface area contributed by atoms with Gasteiger partial charge >= 0.3 is 5.97 Å². The Balaban J connectivity index is 0.00000164. The van der Waals surface area contributed by atoms with Crippen molar-refractivity contribution in [2.45, 2.75) is 59.3 Å². The molecule has 6 heteroatoms. The van der Waals surface area contributed by atoms with Gasteiger partial charge in [-0.25, -0.2) is 4.98 Å². The van der Waals surface area contributed by atoms with Crippen LogP contribution in [0.5, 0.6) is 5.75 Å². The molecule has 0 radical (unpaired) electrons. The molecule has 2 aromatic heterocycles. The molecule has 5 rings (SSSR count). The molecule has 2 atom stereocenters. The molecule has 0 saturated heterocycles. The summed E-state index contributed by atoms with van der Waals surface area (Å²) in [6.07, 6.45) is 3.32. The van der Waals surface area contributed by atoms with Gasteiger partial charge in [-0.15, -0.1) is 11.3 Å². The van der Waals surface area contributed by atoms with E-state index in [2.05, 4.69) is 36.6 Å². The monoisotopic (exact) mass is 531 g/mol. The van der Waals surface area contributed by atoms with E-state index in [-0.39, 0.29) is 17.8 Å². The summed E-state index contributed by atoms with van der Waals surface area (Å²) in [6, 6.07) is 18.5. The number of methoxy groups -OCH3 is 1. The number of thiophene rings is 1. The minimum Gasteiger partial charge on any atom is -0.492 e. The highest BCUT2D eigenvalue weighted by atomic mass is 32.1. The normalized spacial score (nSPS) is 14.8. The van der Waals surface area contributed by atoms with E-state index in [1.54, 1.807) is 11.3 Å². The molecule has 0 N–H and O–H groups in total. The number of aryl methyl sites for hydroxylation is 2. The molecular weight excluding hydrogens is 494 g/mol. The topological polar surface area (TPSA) is 61.6 Å². The fourth-order valence-corrected chi connectivity index (χ4v) is 5.96. The van der Waals surface area contributed by atoms with Gasteiger partial charge in [0.1, 0.15) is 11.5 Å². The van der Waals surface area contributed by atoms with Crippen molar-refractivity contribution < 1.29 is 18.7 Å². The first-order valence-corrected chi connectivity index (χ1v) is 14.4. The molecule has 0 spiro atoms. The van der Waals surface area contributed by atoms with Gasteiger partial charge in [-0.2, -0.15) is 0 Å². The summed E-state index contributed by atoms with van der Waals surface area (Å²) in [5.41, 5.74) is 5.48. The van der Waals surface area contributed by atoms with Crippen LogP contribution in [-0.2, 0) is 22.4 Å². The number of carbonyl (C=O) groups is 1. The number of aromatic nitrogens is 1. The van der Waals surface area contributed by atoms with Gasteiger partial charge in [0.25, 0.3) is 0 Å². The molecule has 2 heterocycles. The predicted molar refractivity (Wildman–Crippen MR) is 154 cm³/mol. The van der Waals surface area contributed by atoms with Crippen molar-refractivity contribution in [1.29, 1.82) is 0 Å². The van der Waals surface area contributed by atoms with Crippen LogP contribution in [0.1, 0.15) is 62.1 Å². The third-order valence-corrected chi connectivity index (χ3v) is 7.99. The third kappa shape index (κ3) is 5.86. The maximum absolute atomic E-state index is 12.5. The molecule has 0 fully saturated rings. The highest BCUT2D eigenvalue weighted by Gasteiger charge is 2.35. The molecule has 2 unspecified atom stereocenters. The van der Waals surface area contributed by atoms with E-state index < -0.39 is 0 Å². The van der Waals surface area contributed by atoms with Crippen LogP contribution in [0.2, 0.25) is 0 Å². The van der Waals surface area contributed by atoms with Crippen molar-refractivity contribution in [2.75, 3.05) is 13.7 Å². The smallest absolute Gasteiger partial charge is 0.309 e. The molecule has 0 aliphatic heterocycles. The van der Waals surface area contributed by atoms with Crippen LogP contribution in [0.4, 0.5) is 0 Å². The lowest BCUT2D eigenvalue weighted by molar-refractivity contribution is -0.146. The lowest BCUT2D eigenvalue weighted by Gasteiger charge is -2.22. The Morgan fingerprint density at radius 3 is 2.63 bits per heavy atom. The first-order chi connectivity index (χ1) is 18.6. The summed E-state index contributed by atoms with van der Waals surface area (Å²) in [5, 5.41) is 2.08. The van der Waals surface area contributed by atoms with Crippen molar-refractivity contribution in [3.05, 3.63) is 82.6 Å². The van der Waals surface area contributed by atoms with Crippen molar-refractivity contribution >= 4 is 17.3 Å². The molecule has 2 aromatic carbocycles. The maximum atomic E-state index is 12.5. The van der Waals surface area contributed by atoms with Gasteiger partial charge in [0.2, 0.25) is 5.89 Å². The van der Waals surface area contributed by atoms with Crippen molar-refractivity contribution in [1.82, 2.24) is 4.98 Å². The molecule has 38 heavy (non-hydrogen) atoms. The summed E-state index contributed by atoms with van der Waals surface area (Å²) in [5.74, 6) is 2.29. The van der Waals surface area contributed by atoms with E-state index in [1.807, 2.05) is 51.1 Å². The van der Waals surface area contributed by atoms with Crippen LogP contribution in [0, 0.1) is 12.8 Å². The zero-order valence-corrected chi connectivity index (χ0v) is 23.8. The molecule has 0 saturated carbocycles. The highest BCUT2D eigenvalue weighted by Crippen LogP contribution is 2.45. The Labute approximate surface area is 229 Å². The number of oxazole rings is 1. The Kier molecular flexibility index (Phi) is 9.40. The predicted octanol–water partition coefficient (Wildman–Crippen LogP) is 8.26. The third-order valence-electron chi connectivity index (χ3n) is 7.09. The van der Waals surface area contributed by atoms with Crippen LogP contribution in [0.25, 0.3) is 21.9 Å². The van der Waals surface area contributed by atoms with Gasteiger partial charge in [0.15, 0.2) is 0 Å². The fourth-order valence-electron chi connectivity index (χ4n) is 5.22. The quantitative estimate of drug-likeness (QED) is 0.203. The lowest BCUT2D eigenvalue weighted by Crippen LogP contribution is -2.21. The number of nitrogens with zero attached hydrogens (tertiary/aromatic N) is 1. The van der Waals surface area contributed by atoms with Crippen LogP contribution in [0.15, 0.2) is 64.4 Å². The minimum atomic E-state index is -0.119. The van der Waals surface area contributed by atoms with Crippen molar-refractivity contribution in [3.8, 4) is 27.6 Å². The van der Waals surface area contributed by atoms with Gasteiger partial charge in [-0.1, -0.05) is 45.0 Å². The zero-order valence-electron chi connectivity index (χ0n) is 23.0. The Hall–Kier alpha value is -3.38. The Morgan fingerprint density at radius 1 is 1.16 bits per heavy atom. The molecule has 0 amide bonds. The number of esters is 1. The van der Waals surface area contributed by atoms with Crippen LogP contribution >= 0.6 is 11.3 Å². The fraction of sp³-hybridized carbons (Fsp3) is 0.375. The number of hydrogen-bond acceptors (Lipinski definition) is 6. The number of benzene rings is 2. The SMILES string of the molecule is CC.CCC(C(=O)OC)C1CCc2cc(OCCc3nc(-c4ccccc4)oc3C)c(-c3cccs3)cc21. The molecule has 0 bridgehead atoms. The van der Waals surface area contributed by atoms with Gasteiger partial charge in [0, 0.05) is 22.4 Å². The second-order valence-electron chi connectivity index (χ2n) is 9.19. The molecule has 1 aliphatic carbocycles. The number of ether oxygens (including phenoxy) is 2. The average molecular weight is 532 g/mol. The maximum Gasteiger partial charge on any atom is 0.309 e. The summed E-state index contributed by atoms with van der Waals surface area (Å²) >= 11 is 1.70. The summed E-state index contributed by atoms with van der Waals surface area (Å²) in [6.45, 7) is 8.52. The van der Waals surface area contributed by atoms with Gasteiger partial charge < -0.3 is 13.9 Å². The highest BCUT2D eigenvalue weighted by molar-refractivity contribution is 7.13. The summed E-state index contributed by atoms with van der Waals surface area (Å²) in [7, 11) is 1.48. The molecule has 5 nitrogen and oxygen atoms in total. The summed E-state index contributed by atoms with van der Waals surface area (Å²) < 4.78 is 17.4. The van der Waals surface area contributed by atoms with E-state index in [1.165, 1.54) is 18.2 Å². The van der Waals surface area contributed by atoms with Crippen LogP contribution < -0.4 is 4.74 Å². The lowest BCUT2D eigenvalue weighted by atomic mass is 9.84. The number of hydrogen-bond donors (Lipinski definition) is 0. The first-order valence-electron chi connectivity index (χ1n) is 13.5. The first kappa shape index (κ1) is 27.6. The van der Waals surface area contributed by atoms with Gasteiger partial charge in [0.05, 0.1) is 25.3 Å². The van der Waals surface area contributed by atoms with Crippen molar-refractivity contribution in [2.24, 2.45) is 5.92 Å². The molecular formula is C32H37NO4S. The Bertz CT molecular complexity index is 1330. The standard InChI is InChI=1S/C30H31NO4S.C2H6/c1-4-22(30(32)33-3)23-13-12-21-17-27(25(18-24(21)23)28-11-8-16-36-28)34-15-14-26-19(2)35-29(31-26)20-9-6-5-7-10-20;1-2/h5-11,16-18,22-23H,4,12-15H2,1-3H3;1-2H3. The zero-order chi connectivity index (χ0) is 27.1. The van der Waals surface area contributed by atoms with E-state index >= 15 is 0 Å². The number of rotatable bonds is 9. The van der Waals surface area contributed by atoms with E-state index in [0.717, 1.165) is 52.5 Å². The molecule has 1 aliphatic rings. The minimum absolute atomic E-state index is 0.117.